The van der Waals surface area contributed by atoms with Crippen LogP contribution >= 0.6 is 0 Å². The molecule has 16 heavy (non-hydrogen) atoms. The highest BCUT2D eigenvalue weighted by atomic mass is 16.2. The largest absolute Gasteiger partial charge is 0.344 e. The molecule has 0 aromatic heterocycles. The number of nitrogens with zero attached hydrogens (tertiary/aromatic N) is 1. The average molecular weight is 218 g/mol. The van der Waals surface area contributed by atoms with Crippen molar-refractivity contribution in [3.8, 4) is 0 Å². The summed E-state index contributed by atoms with van der Waals surface area (Å²) in [4.78, 5) is 13.6. The molecule has 0 radical (unpaired) electrons. The standard InChI is InChI=1S/C13H18N2O/c1-10-5-3-4-6-11(10)12-9-13(16)15(2)8-7-14-12/h3-6,12,14H,7-9H2,1-2H3. The Morgan fingerprint density at radius 2 is 2.12 bits per heavy atom. The first-order valence-electron chi connectivity index (χ1n) is 5.71. The summed E-state index contributed by atoms with van der Waals surface area (Å²) >= 11 is 0. The fourth-order valence-electron chi connectivity index (χ4n) is 2.13. The second kappa shape index (κ2) is 4.66. The van der Waals surface area contributed by atoms with Gasteiger partial charge < -0.3 is 10.2 Å². The van der Waals surface area contributed by atoms with Gasteiger partial charge in [0.1, 0.15) is 0 Å². The second-order valence-corrected chi connectivity index (χ2v) is 4.38. The van der Waals surface area contributed by atoms with Crippen LogP contribution in [0.3, 0.4) is 0 Å². The molecule has 1 amide bonds. The molecule has 86 valence electrons. The molecule has 0 aliphatic carbocycles. The SMILES string of the molecule is Cc1ccccc1C1CC(=O)N(C)CCN1. The number of nitrogens with one attached hydrogen (secondary N) is 1. The Kier molecular flexibility index (Phi) is 3.25. The van der Waals surface area contributed by atoms with E-state index in [0.717, 1.165) is 13.1 Å². The Hall–Kier alpha value is -1.35. The van der Waals surface area contributed by atoms with Crippen molar-refractivity contribution >= 4 is 5.91 Å². The predicted molar refractivity (Wildman–Crippen MR) is 64.2 cm³/mol. The van der Waals surface area contributed by atoms with Crippen molar-refractivity contribution in [1.82, 2.24) is 10.2 Å². The smallest absolute Gasteiger partial charge is 0.224 e. The summed E-state index contributed by atoms with van der Waals surface area (Å²) in [5.41, 5.74) is 2.49. The molecular formula is C13H18N2O. The number of likely N-dealkylation sites (N-methyl/N-ethyl adjacent to an activating group) is 1. The van der Waals surface area contributed by atoms with Crippen molar-refractivity contribution in [1.29, 1.82) is 0 Å². The first-order valence-corrected chi connectivity index (χ1v) is 5.71. The van der Waals surface area contributed by atoms with Crippen LogP contribution in [0.4, 0.5) is 0 Å². The van der Waals surface area contributed by atoms with Gasteiger partial charge >= 0.3 is 0 Å². The highest BCUT2D eigenvalue weighted by molar-refractivity contribution is 5.77. The normalized spacial score (nSPS) is 22.0. The van der Waals surface area contributed by atoms with Gasteiger partial charge in [-0.25, -0.2) is 0 Å². The van der Waals surface area contributed by atoms with Gasteiger partial charge in [0.05, 0.1) is 0 Å². The van der Waals surface area contributed by atoms with Gasteiger partial charge in [0.25, 0.3) is 0 Å². The van der Waals surface area contributed by atoms with Gasteiger partial charge in [-0.1, -0.05) is 24.3 Å². The zero-order chi connectivity index (χ0) is 11.5. The van der Waals surface area contributed by atoms with Crippen molar-refractivity contribution < 1.29 is 4.79 Å². The number of benzene rings is 1. The molecular weight excluding hydrogens is 200 g/mol. The topological polar surface area (TPSA) is 32.3 Å². The van der Waals surface area contributed by atoms with E-state index in [2.05, 4.69) is 24.4 Å². The molecule has 1 unspecified atom stereocenters. The Labute approximate surface area is 96.5 Å². The lowest BCUT2D eigenvalue weighted by Crippen LogP contribution is -2.27. The molecule has 1 fully saturated rings. The number of aryl methyl sites for hydroxylation is 1. The minimum absolute atomic E-state index is 0.165. The van der Waals surface area contributed by atoms with Crippen molar-refractivity contribution in [2.75, 3.05) is 20.1 Å². The molecule has 1 N–H and O–H groups in total. The number of rotatable bonds is 1. The Bertz CT molecular complexity index is 389. The van der Waals surface area contributed by atoms with Crippen LogP contribution in [0.15, 0.2) is 24.3 Å². The highest BCUT2D eigenvalue weighted by Gasteiger charge is 2.22. The molecule has 1 aromatic carbocycles. The molecule has 1 atom stereocenters. The van der Waals surface area contributed by atoms with Crippen LogP contribution in [0.5, 0.6) is 0 Å². The van der Waals surface area contributed by atoms with Crippen LogP contribution in [0.1, 0.15) is 23.6 Å². The van der Waals surface area contributed by atoms with E-state index < -0.39 is 0 Å². The van der Waals surface area contributed by atoms with Crippen LogP contribution in [0, 0.1) is 6.92 Å². The first-order chi connectivity index (χ1) is 7.68. The van der Waals surface area contributed by atoms with E-state index in [1.54, 1.807) is 4.90 Å². The van der Waals surface area contributed by atoms with Crippen LogP contribution < -0.4 is 5.32 Å². The maximum absolute atomic E-state index is 11.8. The predicted octanol–water partition coefficient (Wildman–Crippen LogP) is 1.49. The van der Waals surface area contributed by atoms with Gasteiger partial charge in [-0.3, -0.25) is 4.79 Å². The molecule has 1 aliphatic heterocycles. The Balaban J connectivity index is 2.21. The summed E-state index contributed by atoms with van der Waals surface area (Å²) in [5.74, 6) is 0.221. The Morgan fingerprint density at radius 1 is 1.38 bits per heavy atom. The van der Waals surface area contributed by atoms with E-state index in [4.69, 9.17) is 0 Å². The number of hydrogen-bond donors (Lipinski definition) is 1. The summed E-state index contributed by atoms with van der Waals surface area (Å²) in [5, 5.41) is 3.44. The van der Waals surface area contributed by atoms with Gasteiger partial charge in [0.2, 0.25) is 5.91 Å². The number of amides is 1. The second-order valence-electron chi connectivity index (χ2n) is 4.38. The van der Waals surface area contributed by atoms with Crippen LogP contribution in [-0.2, 0) is 4.79 Å². The zero-order valence-electron chi connectivity index (χ0n) is 9.86. The minimum Gasteiger partial charge on any atom is -0.344 e. The van der Waals surface area contributed by atoms with Crippen molar-refractivity contribution in [3.63, 3.8) is 0 Å². The van der Waals surface area contributed by atoms with E-state index in [-0.39, 0.29) is 11.9 Å². The summed E-state index contributed by atoms with van der Waals surface area (Å²) in [6, 6.07) is 8.42. The van der Waals surface area contributed by atoms with Crippen molar-refractivity contribution in [2.45, 2.75) is 19.4 Å². The average Bonchev–Trinajstić information content (AvgIpc) is 2.43. The maximum Gasteiger partial charge on any atom is 0.224 e. The van der Waals surface area contributed by atoms with E-state index in [1.165, 1.54) is 11.1 Å². The van der Waals surface area contributed by atoms with E-state index in [0.29, 0.717) is 6.42 Å². The molecule has 0 spiro atoms. The van der Waals surface area contributed by atoms with Gasteiger partial charge in [0, 0.05) is 32.6 Å². The fourth-order valence-corrected chi connectivity index (χ4v) is 2.13. The summed E-state index contributed by atoms with van der Waals surface area (Å²) in [6.45, 7) is 3.75. The molecule has 3 nitrogen and oxygen atoms in total. The molecule has 2 rings (SSSR count). The summed E-state index contributed by atoms with van der Waals surface area (Å²) in [6.07, 6.45) is 0.557. The third-order valence-electron chi connectivity index (χ3n) is 3.21. The van der Waals surface area contributed by atoms with Gasteiger partial charge in [-0.05, 0) is 18.1 Å². The fraction of sp³-hybridized carbons (Fsp3) is 0.462. The molecule has 1 aromatic rings. The molecule has 1 saturated heterocycles. The number of hydrogen-bond acceptors (Lipinski definition) is 2. The van der Waals surface area contributed by atoms with Gasteiger partial charge in [-0.2, -0.15) is 0 Å². The molecule has 1 aliphatic rings. The lowest BCUT2D eigenvalue weighted by atomic mass is 9.99. The lowest BCUT2D eigenvalue weighted by molar-refractivity contribution is -0.129. The van der Waals surface area contributed by atoms with E-state index >= 15 is 0 Å². The third-order valence-corrected chi connectivity index (χ3v) is 3.21. The molecule has 0 saturated carbocycles. The van der Waals surface area contributed by atoms with E-state index in [9.17, 15) is 4.79 Å². The number of carbonyl (C=O) groups excluding carboxylic acids is 1. The van der Waals surface area contributed by atoms with E-state index in [1.807, 2.05) is 19.2 Å². The molecule has 1 heterocycles. The summed E-state index contributed by atoms with van der Waals surface area (Å²) < 4.78 is 0. The van der Waals surface area contributed by atoms with Crippen LogP contribution in [0.2, 0.25) is 0 Å². The van der Waals surface area contributed by atoms with Gasteiger partial charge in [0.15, 0.2) is 0 Å². The third kappa shape index (κ3) is 2.25. The molecule has 3 heteroatoms. The Morgan fingerprint density at radius 3 is 2.88 bits per heavy atom. The highest BCUT2D eigenvalue weighted by Crippen LogP contribution is 2.22. The zero-order valence-corrected chi connectivity index (χ0v) is 9.86. The maximum atomic E-state index is 11.8. The molecule has 0 bridgehead atoms. The minimum atomic E-state index is 0.165. The van der Waals surface area contributed by atoms with Crippen molar-refractivity contribution in [2.24, 2.45) is 0 Å². The first kappa shape index (κ1) is 11.1. The monoisotopic (exact) mass is 218 g/mol. The van der Waals surface area contributed by atoms with Gasteiger partial charge in [-0.15, -0.1) is 0 Å². The van der Waals surface area contributed by atoms with Crippen LogP contribution in [-0.4, -0.2) is 30.9 Å². The quantitative estimate of drug-likeness (QED) is 0.774. The van der Waals surface area contributed by atoms with Crippen LogP contribution in [0.25, 0.3) is 0 Å². The lowest BCUT2D eigenvalue weighted by Gasteiger charge is -2.17. The summed E-state index contributed by atoms with van der Waals surface area (Å²) in [7, 11) is 1.87. The van der Waals surface area contributed by atoms with Crippen molar-refractivity contribution in [3.05, 3.63) is 35.4 Å². The number of carbonyl (C=O) groups is 1.